The molecule has 1 aromatic carbocycles. The van der Waals surface area contributed by atoms with E-state index in [9.17, 15) is 13.0 Å². The molecule has 11 heteroatoms. The van der Waals surface area contributed by atoms with Crippen molar-refractivity contribution in [1.29, 1.82) is 0 Å². The molecule has 0 atom stereocenters. The molecule has 0 fully saturated rings. The van der Waals surface area contributed by atoms with E-state index in [2.05, 4.69) is 20.3 Å². The molecule has 33 heavy (non-hydrogen) atoms. The first kappa shape index (κ1) is 24.7. The Morgan fingerprint density at radius 3 is 2.33 bits per heavy atom. The lowest BCUT2D eigenvalue weighted by atomic mass is 10.1. The van der Waals surface area contributed by atoms with E-state index < -0.39 is 22.2 Å². The van der Waals surface area contributed by atoms with Crippen molar-refractivity contribution in [1.82, 2.24) is 15.0 Å². The molecule has 0 saturated carbocycles. The van der Waals surface area contributed by atoms with Gasteiger partial charge >= 0.3 is 0 Å². The molecule has 0 aliphatic heterocycles. The number of nitrogen functional groups attached to an aromatic ring is 1. The topological polar surface area (TPSA) is 137 Å². The highest BCUT2D eigenvalue weighted by Gasteiger charge is 2.24. The summed E-state index contributed by atoms with van der Waals surface area (Å²) in [6.45, 7) is 8.31. The number of ether oxygens (including phenoxy) is 1. The molecular weight excluding hydrogens is 461 g/mol. The lowest BCUT2D eigenvalue weighted by molar-refractivity contribution is 0.400. The first-order valence-electron chi connectivity index (χ1n) is 10.2. The van der Waals surface area contributed by atoms with Crippen LogP contribution in [-0.2, 0) is 14.4 Å². The summed E-state index contributed by atoms with van der Waals surface area (Å²) in [5.41, 5.74) is 8.45. The molecule has 0 aliphatic rings. The maximum Gasteiger partial charge on any atom is 0.223 e. The number of sulfone groups is 1. The van der Waals surface area contributed by atoms with Gasteiger partial charge in [-0.05, 0) is 58.4 Å². The van der Waals surface area contributed by atoms with Crippen LogP contribution in [0.15, 0.2) is 41.3 Å². The zero-order chi connectivity index (χ0) is 24.6. The summed E-state index contributed by atoms with van der Waals surface area (Å²) in [4.78, 5) is 13.2. The molecule has 3 N–H and O–H groups in total. The van der Waals surface area contributed by atoms with Crippen LogP contribution in [0, 0.1) is 6.92 Å². The SMILES string of the molecule is COc1nc(P(C)(C)=O)ccc1-c1nc(N)nc(Nc2ccccc2S(=O)(=O)C(C)C)c1C. The number of nitrogens with one attached hydrogen (secondary N) is 1. The van der Waals surface area contributed by atoms with Crippen molar-refractivity contribution >= 4 is 39.9 Å². The van der Waals surface area contributed by atoms with Crippen molar-refractivity contribution in [3.63, 3.8) is 0 Å². The zero-order valence-electron chi connectivity index (χ0n) is 19.4. The number of pyridine rings is 1. The fraction of sp³-hybridized carbons (Fsp3) is 0.318. The Bertz CT molecular complexity index is 1350. The molecule has 2 heterocycles. The Labute approximate surface area is 194 Å². The van der Waals surface area contributed by atoms with Crippen LogP contribution in [0.25, 0.3) is 11.3 Å². The molecule has 0 aliphatic carbocycles. The predicted octanol–water partition coefficient (Wildman–Crippen LogP) is 3.61. The van der Waals surface area contributed by atoms with Crippen LogP contribution in [0.5, 0.6) is 5.88 Å². The summed E-state index contributed by atoms with van der Waals surface area (Å²) in [5.74, 6) is 0.600. The molecule has 0 spiro atoms. The summed E-state index contributed by atoms with van der Waals surface area (Å²) in [7, 11) is -4.66. The Morgan fingerprint density at radius 1 is 1.06 bits per heavy atom. The fourth-order valence-electron chi connectivity index (χ4n) is 3.18. The number of benzene rings is 1. The first-order valence-corrected chi connectivity index (χ1v) is 14.4. The second-order valence-corrected chi connectivity index (χ2v) is 13.8. The Morgan fingerprint density at radius 2 is 1.73 bits per heavy atom. The smallest absolute Gasteiger partial charge is 0.223 e. The van der Waals surface area contributed by atoms with Crippen molar-refractivity contribution in [3.05, 3.63) is 42.0 Å². The normalized spacial score (nSPS) is 12.1. The van der Waals surface area contributed by atoms with Crippen molar-refractivity contribution in [2.75, 3.05) is 31.5 Å². The van der Waals surface area contributed by atoms with Crippen molar-refractivity contribution in [3.8, 4) is 17.1 Å². The van der Waals surface area contributed by atoms with E-state index in [1.807, 2.05) is 0 Å². The lowest BCUT2D eigenvalue weighted by Crippen LogP contribution is -2.16. The molecule has 9 nitrogen and oxygen atoms in total. The fourth-order valence-corrected chi connectivity index (χ4v) is 5.15. The van der Waals surface area contributed by atoms with Crippen LogP contribution >= 0.6 is 7.14 Å². The lowest BCUT2D eigenvalue weighted by Gasteiger charge is -2.17. The van der Waals surface area contributed by atoms with Crippen LogP contribution < -0.4 is 21.2 Å². The van der Waals surface area contributed by atoms with Gasteiger partial charge in [0.05, 0.1) is 34.2 Å². The number of para-hydroxylation sites is 1. The number of hydrogen-bond acceptors (Lipinski definition) is 9. The van der Waals surface area contributed by atoms with Gasteiger partial charge in [-0.1, -0.05) is 12.1 Å². The van der Waals surface area contributed by atoms with E-state index in [-0.39, 0.29) is 16.7 Å². The Balaban J connectivity index is 2.15. The van der Waals surface area contributed by atoms with Crippen molar-refractivity contribution in [2.24, 2.45) is 0 Å². The molecule has 0 saturated heterocycles. The number of anilines is 3. The molecule has 0 radical (unpaired) electrons. The number of methoxy groups -OCH3 is 1. The van der Waals surface area contributed by atoms with Gasteiger partial charge < -0.3 is 20.4 Å². The van der Waals surface area contributed by atoms with Crippen LogP contribution in [0.4, 0.5) is 17.5 Å². The number of nitrogens with two attached hydrogens (primary N) is 1. The Kier molecular flexibility index (Phi) is 6.81. The summed E-state index contributed by atoms with van der Waals surface area (Å²) in [5, 5.41) is 2.52. The van der Waals surface area contributed by atoms with Crippen molar-refractivity contribution in [2.45, 2.75) is 30.9 Å². The minimum Gasteiger partial charge on any atom is -0.480 e. The third-order valence-electron chi connectivity index (χ3n) is 5.08. The van der Waals surface area contributed by atoms with Gasteiger partial charge in [0.15, 0.2) is 9.84 Å². The molecule has 2 aromatic heterocycles. The van der Waals surface area contributed by atoms with E-state index in [4.69, 9.17) is 10.5 Å². The van der Waals surface area contributed by atoms with Gasteiger partial charge in [0.2, 0.25) is 11.8 Å². The highest BCUT2D eigenvalue weighted by Crippen LogP contribution is 2.38. The minimum atomic E-state index is -3.54. The van der Waals surface area contributed by atoms with E-state index in [0.717, 1.165) is 0 Å². The van der Waals surface area contributed by atoms with Gasteiger partial charge in [-0.25, -0.2) is 18.4 Å². The molecule has 0 bridgehead atoms. The van der Waals surface area contributed by atoms with Gasteiger partial charge in [-0.15, -0.1) is 0 Å². The molecular formula is C22H28N5O4PS. The minimum absolute atomic E-state index is 0.00918. The summed E-state index contributed by atoms with van der Waals surface area (Å²) < 4.78 is 43.6. The van der Waals surface area contributed by atoms with Gasteiger partial charge in [0, 0.05) is 5.56 Å². The molecule has 176 valence electrons. The molecule has 3 rings (SSSR count). The maximum absolute atomic E-state index is 12.8. The van der Waals surface area contributed by atoms with Gasteiger partial charge in [-0.3, -0.25) is 0 Å². The molecule has 0 unspecified atom stereocenters. The van der Waals surface area contributed by atoms with E-state index in [1.54, 1.807) is 70.5 Å². The number of nitrogens with zero attached hydrogens (tertiary/aromatic N) is 3. The largest absolute Gasteiger partial charge is 0.480 e. The average Bonchev–Trinajstić information content (AvgIpc) is 2.75. The van der Waals surface area contributed by atoms with Crippen LogP contribution in [0.2, 0.25) is 0 Å². The monoisotopic (exact) mass is 489 g/mol. The van der Waals surface area contributed by atoms with Crippen LogP contribution in [-0.4, -0.2) is 49.1 Å². The number of aromatic nitrogens is 3. The van der Waals surface area contributed by atoms with Gasteiger partial charge in [-0.2, -0.15) is 4.98 Å². The average molecular weight is 490 g/mol. The summed E-state index contributed by atoms with van der Waals surface area (Å²) >= 11 is 0. The van der Waals surface area contributed by atoms with E-state index in [1.165, 1.54) is 7.11 Å². The molecule has 3 aromatic rings. The summed E-state index contributed by atoms with van der Waals surface area (Å²) in [6, 6.07) is 10.0. The van der Waals surface area contributed by atoms with Crippen LogP contribution in [0.3, 0.4) is 0 Å². The van der Waals surface area contributed by atoms with Gasteiger partial charge in [0.1, 0.15) is 18.4 Å². The number of rotatable bonds is 7. The van der Waals surface area contributed by atoms with E-state index in [0.29, 0.717) is 33.8 Å². The third kappa shape index (κ3) is 5.02. The second kappa shape index (κ2) is 9.11. The maximum atomic E-state index is 12.8. The van der Waals surface area contributed by atoms with Gasteiger partial charge in [0.25, 0.3) is 0 Å². The highest BCUT2D eigenvalue weighted by atomic mass is 32.2. The number of hydrogen-bond donors (Lipinski definition) is 2. The van der Waals surface area contributed by atoms with Crippen molar-refractivity contribution < 1.29 is 17.7 Å². The van der Waals surface area contributed by atoms with E-state index >= 15 is 0 Å². The standard InChI is InChI=1S/C22H28N5O4PS/c1-13(2)33(29,30)17-10-8-7-9-16(17)24-20-14(3)19(26-22(23)27-20)15-11-12-18(32(5,6)28)25-21(15)31-4/h7-13H,1-6H3,(H3,23,24,26,27). The zero-order valence-corrected chi connectivity index (χ0v) is 21.2. The third-order valence-corrected chi connectivity index (χ3v) is 8.64. The summed E-state index contributed by atoms with van der Waals surface area (Å²) in [6.07, 6.45) is 0. The first-order chi connectivity index (χ1) is 15.4. The van der Waals surface area contributed by atoms with Crippen LogP contribution in [0.1, 0.15) is 19.4 Å². The quantitative estimate of drug-likeness (QED) is 0.477. The highest BCUT2D eigenvalue weighted by molar-refractivity contribution is 7.92. The predicted molar refractivity (Wildman–Crippen MR) is 132 cm³/mol. The Hall–Kier alpha value is -2.97. The second-order valence-electron chi connectivity index (χ2n) is 8.20. The molecule has 0 amide bonds.